The van der Waals surface area contributed by atoms with Gasteiger partial charge in [0.05, 0.1) is 0 Å². The monoisotopic (exact) mass is 465 g/mol. The van der Waals surface area contributed by atoms with Gasteiger partial charge in [0, 0.05) is 25.9 Å². The minimum atomic E-state index is -1.13. The van der Waals surface area contributed by atoms with Crippen LogP contribution in [0, 0.1) is 0 Å². The summed E-state index contributed by atoms with van der Waals surface area (Å²) in [6.07, 6.45) is -0.803. The number of rotatable bonds is 8. The third-order valence-corrected chi connectivity index (χ3v) is 6.34. The van der Waals surface area contributed by atoms with Crippen LogP contribution < -0.4 is 10.6 Å². The van der Waals surface area contributed by atoms with Crippen molar-refractivity contribution in [2.75, 3.05) is 20.2 Å². The number of aliphatic carboxylic acids is 1. The quantitative estimate of drug-likeness (QED) is 0.548. The van der Waals surface area contributed by atoms with Crippen LogP contribution in [0.15, 0.2) is 48.5 Å². The average molecular weight is 466 g/mol. The Bertz CT molecular complexity index is 1070. The number of ether oxygens (including phenoxy) is 1. The summed E-state index contributed by atoms with van der Waals surface area (Å²) < 4.78 is 5.48. The largest absolute Gasteiger partial charge is 0.481 e. The second-order valence-corrected chi connectivity index (χ2v) is 8.56. The lowest BCUT2D eigenvalue weighted by molar-refractivity contribution is -0.137. The lowest BCUT2D eigenvalue weighted by Gasteiger charge is -2.21. The van der Waals surface area contributed by atoms with E-state index >= 15 is 0 Å². The summed E-state index contributed by atoms with van der Waals surface area (Å²) in [5.41, 5.74) is 4.30. The van der Waals surface area contributed by atoms with Crippen molar-refractivity contribution in [1.82, 2.24) is 15.5 Å². The zero-order chi connectivity index (χ0) is 24.2. The molecule has 9 heteroatoms. The molecule has 1 fully saturated rings. The average Bonchev–Trinajstić information content (AvgIpc) is 3.32. The maximum absolute atomic E-state index is 12.7. The first kappa shape index (κ1) is 23.3. The molecule has 0 radical (unpaired) electrons. The predicted octanol–water partition coefficient (Wildman–Crippen LogP) is 2.11. The Hall–Kier alpha value is -3.88. The number of alkyl carbamates (subject to hydrolysis) is 1. The van der Waals surface area contributed by atoms with E-state index in [0.717, 1.165) is 22.3 Å². The fourth-order valence-electron chi connectivity index (χ4n) is 4.55. The molecule has 0 bridgehead atoms. The minimum Gasteiger partial charge on any atom is -0.481 e. The highest BCUT2D eigenvalue weighted by molar-refractivity contribution is 5.92. The van der Waals surface area contributed by atoms with Crippen LogP contribution in [0.5, 0.6) is 0 Å². The first-order valence-electron chi connectivity index (χ1n) is 11.2. The van der Waals surface area contributed by atoms with Crippen molar-refractivity contribution in [3.05, 3.63) is 59.7 Å². The third kappa shape index (κ3) is 4.88. The molecule has 9 nitrogen and oxygen atoms in total. The summed E-state index contributed by atoms with van der Waals surface area (Å²) in [5.74, 6) is -2.06. The molecule has 2 aromatic carbocycles. The van der Waals surface area contributed by atoms with Crippen molar-refractivity contribution in [2.45, 2.75) is 37.3 Å². The molecule has 1 saturated heterocycles. The number of hydrogen-bond donors (Lipinski definition) is 3. The highest BCUT2D eigenvalue weighted by atomic mass is 16.5. The fourth-order valence-corrected chi connectivity index (χ4v) is 4.55. The Labute approximate surface area is 197 Å². The van der Waals surface area contributed by atoms with Crippen LogP contribution >= 0.6 is 0 Å². The number of carbonyl (C=O) groups is 4. The van der Waals surface area contributed by atoms with Gasteiger partial charge in [-0.1, -0.05) is 48.5 Å². The summed E-state index contributed by atoms with van der Waals surface area (Å²) in [4.78, 5) is 50.0. The van der Waals surface area contributed by atoms with E-state index in [0.29, 0.717) is 13.0 Å². The number of carbonyl (C=O) groups excluding carboxylic acids is 3. The first-order chi connectivity index (χ1) is 16.3. The van der Waals surface area contributed by atoms with Gasteiger partial charge in [0.2, 0.25) is 11.8 Å². The van der Waals surface area contributed by atoms with Gasteiger partial charge in [0.25, 0.3) is 0 Å². The van der Waals surface area contributed by atoms with E-state index in [1.807, 2.05) is 48.5 Å². The van der Waals surface area contributed by atoms with Crippen molar-refractivity contribution < 1.29 is 29.0 Å². The maximum Gasteiger partial charge on any atom is 0.407 e. The van der Waals surface area contributed by atoms with E-state index in [-0.39, 0.29) is 31.3 Å². The standard InChI is InChI=1S/C25H27N3O6/c1-28-13-12-21(24(28)32)26-23(31)20(10-11-22(29)30)27-25(33)34-14-19-17-8-4-2-6-15(17)16-7-3-5-9-18(16)19/h2-9,19-21H,10-14H2,1H3,(H,26,31)(H,27,33)(H,29,30). The van der Waals surface area contributed by atoms with Gasteiger partial charge in [-0.15, -0.1) is 0 Å². The lowest BCUT2D eigenvalue weighted by atomic mass is 9.98. The molecular weight excluding hydrogens is 438 g/mol. The third-order valence-electron chi connectivity index (χ3n) is 6.34. The fraction of sp³-hybridized carbons (Fsp3) is 0.360. The van der Waals surface area contributed by atoms with E-state index in [1.165, 1.54) is 4.90 Å². The van der Waals surface area contributed by atoms with Crippen molar-refractivity contribution in [2.24, 2.45) is 0 Å². The van der Waals surface area contributed by atoms with Crippen molar-refractivity contribution in [1.29, 1.82) is 0 Å². The van der Waals surface area contributed by atoms with Crippen LogP contribution in [0.2, 0.25) is 0 Å². The summed E-state index contributed by atoms with van der Waals surface area (Å²) >= 11 is 0. The molecule has 178 valence electrons. The van der Waals surface area contributed by atoms with E-state index in [1.54, 1.807) is 7.05 Å². The van der Waals surface area contributed by atoms with Crippen LogP contribution in [0.1, 0.15) is 36.3 Å². The zero-order valence-electron chi connectivity index (χ0n) is 18.8. The number of carboxylic acid groups (broad SMARTS) is 1. The number of hydrogen-bond acceptors (Lipinski definition) is 5. The van der Waals surface area contributed by atoms with Crippen molar-refractivity contribution in [3.8, 4) is 11.1 Å². The molecule has 0 spiro atoms. The second-order valence-electron chi connectivity index (χ2n) is 8.56. The molecule has 2 aliphatic rings. The summed E-state index contributed by atoms with van der Waals surface area (Å²) in [7, 11) is 1.64. The predicted molar refractivity (Wildman–Crippen MR) is 123 cm³/mol. The summed E-state index contributed by atoms with van der Waals surface area (Å²) in [5, 5.41) is 14.1. The van der Waals surface area contributed by atoms with Gasteiger partial charge >= 0.3 is 12.1 Å². The summed E-state index contributed by atoms with van der Waals surface area (Å²) in [6, 6.07) is 14.0. The number of benzene rings is 2. The van der Waals surface area contributed by atoms with Crippen LogP contribution in [0.3, 0.4) is 0 Å². The van der Waals surface area contributed by atoms with Crippen LogP contribution in [-0.2, 0) is 19.1 Å². The van der Waals surface area contributed by atoms with Crippen molar-refractivity contribution in [3.63, 3.8) is 0 Å². The summed E-state index contributed by atoms with van der Waals surface area (Å²) in [6.45, 7) is 0.586. The Balaban J connectivity index is 1.40. The number of nitrogens with one attached hydrogen (secondary N) is 2. The lowest BCUT2D eigenvalue weighted by Crippen LogP contribution is -2.51. The number of amides is 3. The van der Waals surface area contributed by atoms with Crippen LogP contribution in [-0.4, -0.2) is 66.2 Å². The van der Waals surface area contributed by atoms with Gasteiger partial charge in [0.15, 0.2) is 0 Å². The number of likely N-dealkylation sites (N-methyl/N-ethyl adjacent to an activating group) is 1. The molecule has 0 aromatic heterocycles. The van der Waals surface area contributed by atoms with Gasteiger partial charge in [-0.25, -0.2) is 4.79 Å². The Morgan fingerprint density at radius 1 is 1.09 bits per heavy atom. The minimum absolute atomic E-state index is 0.0685. The zero-order valence-corrected chi connectivity index (χ0v) is 18.8. The Kier molecular flexibility index (Phi) is 6.81. The van der Waals surface area contributed by atoms with Gasteiger partial charge in [-0.05, 0) is 35.1 Å². The topological polar surface area (TPSA) is 125 Å². The molecule has 1 heterocycles. The molecule has 1 aliphatic heterocycles. The van der Waals surface area contributed by atoms with Gasteiger partial charge in [-0.3, -0.25) is 14.4 Å². The molecule has 1 aliphatic carbocycles. The second kappa shape index (κ2) is 9.94. The molecule has 2 aromatic rings. The maximum atomic E-state index is 12.7. The van der Waals surface area contributed by atoms with E-state index in [9.17, 15) is 19.2 Å². The highest BCUT2D eigenvalue weighted by Gasteiger charge is 2.33. The van der Waals surface area contributed by atoms with Gasteiger partial charge in [0.1, 0.15) is 18.7 Å². The molecule has 4 rings (SSSR count). The number of fused-ring (bicyclic) bond motifs is 3. The number of carboxylic acids is 1. The SMILES string of the molecule is CN1CCC(NC(=O)C(CCC(=O)O)NC(=O)OCC2c3ccccc3-c3ccccc32)C1=O. The van der Waals surface area contributed by atoms with Crippen molar-refractivity contribution >= 4 is 23.9 Å². The molecule has 2 unspecified atom stereocenters. The van der Waals surface area contributed by atoms with Crippen LogP contribution in [0.4, 0.5) is 4.79 Å². The Morgan fingerprint density at radius 3 is 2.26 bits per heavy atom. The molecular formula is C25H27N3O6. The Morgan fingerprint density at radius 2 is 1.71 bits per heavy atom. The van der Waals surface area contributed by atoms with E-state index in [4.69, 9.17) is 9.84 Å². The number of likely N-dealkylation sites (tertiary alicyclic amines) is 1. The van der Waals surface area contributed by atoms with E-state index in [2.05, 4.69) is 10.6 Å². The molecule has 2 atom stereocenters. The normalized spacial score (nSPS) is 17.6. The highest BCUT2D eigenvalue weighted by Crippen LogP contribution is 2.44. The van der Waals surface area contributed by atoms with Gasteiger partial charge in [-0.2, -0.15) is 0 Å². The molecule has 3 N–H and O–H groups in total. The molecule has 34 heavy (non-hydrogen) atoms. The first-order valence-corrected chi connectivity index (χ1v) is 11.2. The van der Waals surface area contributed by atoms with E-state index < -0.39 is 30.1 Å². The van der Waals surface area contributed by atoms with Crippen LogP contribution in [0.25, 0.3) is 11.1 Å². The number of nitrogens with zero attached hydrogens (tertiary/aromatic N) is 1. The molecule has 0 saturated carbocycles. The van der Waals surface area contributed by atoms with Gasteiger partial charge < -0.3 is 25.4 Å². The molecule has 3 amide bonds. The smallest absolute Gasteiger partial charge is 0.407 e.